The average molecular weight is 492 g/mol. The summed E-state index contributed by atoms with van der Waals surface area (Å²) >= 11 is 0. The molecular weight excluding hydrogens is 433 g/mol. The van der Waals surface area contributed by atoms with Crippen LogP contribution in [0.15, 0.2) is 0 Å². The molecule has 0 aliphatic rings. The van der Waals surface area contributed by atoms with Crippen LogP contribution < -0.4 is 0 Å². The molecule has 0 unspecified atom stereocenters. The summed E-state index contributed by atoms with van der Waals surface area (Å²) in [5.41, 5.74) is 0. The van der Waals surface area contributed by atoms with E-state index in [-0.39, 0.29) is 0 Å². The molecule has 0 aromatic carbocycles. The molecule has 0 heterocycles. The molecule has 198 valence electrons. The number of hydrogen-bond donors (Lipinski definition) is 0. The maximum Gasteiger partial charge on any atom is 0.218 e. The molecule has 4 heteroatoms. The first-order valence-electron chi connectivity index (χ1n) is 14.8. The van der Waals surface area contributed by atoms with Crippen molar-refractivity contribution < 1.29 is 0 Å². The summed E-state index contributed by atoms with van der Waals surface area (Å²) < 4.78 is 0. The van der Waals surface area contributed by atoms with Gasteiger partial charge >= 0.3 is 162 Å². The molecule has 0 N–H and O–H groups in total. The summed E-state index contributed by atoms with van der Waals surface area (Å²) in [5, 5.41) is 23.5. The van der Waals surface area contributed by atoms with Gasteiger partial charge in [0.15, 0.2) is 0 Å². The molecule has 0 radical (unpaired) electrons. The predicted molar refractivity (Wildman–Crippen MR) is 154 cm³/mol. The molecule has 3 nitrogen and oxygen atoms in total. The van der Waals surface area contributed by atoms with Gasteiger partial charge in [-0.25, -0.2) is 0 Å². The van der Waals surface area contributed by atoms with Crippen LogP contribution in [0.2, 0.25) is 0 Å². The van der Waals surface area contributed by atoms with Gasteiger partial charge in [0.1, 0.15) is 0 Å². The quantitative estimate of drug-likeness (QED) is 0.112. The summed E-state index contributed by atoms with van der Waals surface area (Å²) in [4.78, 5) is 0. The van der Waals surface area contributed by atoms with Crippen molar-refractivity contribution in [2.45, 2.75) is 143 Å². The molecule has 0 aliphatic carbocycles. The van der Waals surface area contributed by atoms with Crippen molar-refractivity contribution in [3.63, 3.8) is 0 Å². The Hall–Kier alpha value is -1.10. The monoisotopic (exact) mass is 491 g/mol. The van der Waals surface area contributed by atoms with Crippen molar-refractivity contribution in [1.82, 2.24) is 0 Å². The van der Waals surface area contributed by atoms with E-state index in [9.17, 15) is 0 Å². The zero-order valence-corrected chi connectivity index (χ0v) is 24.5. The Morgan fingerprint density at radius 3 is 0.941 bits per heavy atom. The van der Waals surface area contributed by atoms with E-state index in [1.165, 1.54) is 127 Å². The molecule has 0 amide bonds. The molecule has 0 spiro atoms. The molecule has 0 saturated carbocycles. The summed E-state index contributed by atoms with van der Waals surface area (Å²) in [7, 11) is -0.956. The maximum atomic E-state index is 7.83. The van der Waals surface area contributed by atoms with Crippen LogP contribution in [0.1, 0.15) is 143 Å². The number of nitrogens with zero attached hydrogens (tertiary/aromatic N) is 3. The number of rotatable bonds is 22. The minimum absolute atomic E-state index is 0.956. The predicted octanol–water partition coefficient (Wildman–Crippen LogP) is 10.0. The third kappa shape index (κ3) is 22.7. The second-order valence-corrected chi connectivity index (χ2v) is 15.3. The van der Waals surface area contributed by atoms with E-state index in [0.717, 1.165) is 0 Å². The third-order valence-electron chi connectivity index (χ3n) is 7.13. The van der Waals surface area contributed by atoms with E-state index in [2.05, 4.69) is 27.7 Å². The fourth-order valence-electron chi connectivity index (χ4n) is 4.83. The van der Waals surface area contributed by atoms with Gasteiger partial charge in [-0.15, -0.1) is 0 Å². The van der Waals surface area contributed by atoms with E-state index in [4.69, 9.17) is 15.8 Å². The fraction of sp³-hybridized carbons (Fsp3) is 0.900. The van der Waals surface area contributed by atoms with E-state index >= 15 is 0 Å². The number of nitriles is 3. The van der Waals surface area contributed by atoms with Gasteiger partial charge in [0.2, 0.25) is 5.92 Å². The van der Waals surface area contributed by atoms with Crippen LogP contribution >= 0.6 is 7.26 Å². The average Bonchev–Trinajstić information content (AvgIpc) is 2.86. The van der Waals surface area contributed by atoms with Gasteiger partial charge in [0, 0.05) is 0 Å². The van der Waals surface area contributed by atoms with E-state index < -0.39 is 13.2 Å². The summed E-state index contributed by atoms with van der Waals surface area (Å²) in [5.74, 6) is -1.10. The minimum atomic E-state index is -1.10. The Morgan fingerprint density at radius 1 is 0.412 bits per heavy atom. The largest absolute Gasteiger partial charge is 0.218 e. The van der Waals surface area contributed by atoms with Crippen LogP contribution in [0.3, 0.4) is 0 Å². The Bertz CT molecular complexity index is 486. The van der Waals surface area contributed by atoms with Crippen molar-refractivity contribution in [3.8, 4) is 18.2 Å². The van der Waals surface area contributed by atoms with E-state index in [0.29, 0.717) is 0 Å². The molecule has 0 aromatic heterocycles. The SMILES string of the molecule is CCCCCCCCCCCCCC[PH](CCCC)(CCCC)CCCC.N#CC(C#N)C#N. The second-order valence-electron chi connectivity index (χ2n) is 10.3. The van der Waals surface area contributed by atoms with Crippen LogP contribution in [-0.2, 0) is 0 Å². The summed E-state index contributed by atoms with van der Waals surface area (Å²) in [6.45, 7) is 9.48. The van der Waals surface area contributed by atoms with Gasteiger partial charge in [-0.3, -0.25) is 0 Å². The Kier molecular flexibility index (Phi) is 29.0. The van der Waals surface area contributed by atoms with E-state index in [1.54, 1.807) is 31.1 Å². The maximum absolute atomic E-state index is 7.83. The van der Waals surface area contributed by atoms with E-state index in [1.807, 2.05) is 0 Å². The Labute approximate surface area is 215 Å². The van der Waals surface area contributed by atoms with Crippen LogP contribution in [-0.4, -0.2) is 24.6 Å². The first-order chi connectivity index (χ1) is 16.6. The Morgan fingerprint density at radius 2 is 0.676 bits per heavy atom. The first-order valence-corrected chi connectivity index (χ1v) is 17.6. The fourth-order valence-corrected chi connectivity index (χ4v) is 10.6. The van der Waals surface area contributed by atoms with Gasteiger partial charge in [0.25, 0.3) is 0 Å². The molecule has 0 aromatic rings. The molecule has 0 aliphatic heterocycles. The van der Waals surface area contributed by atoms with Gasteiger partial charge in [-0.1, -0.05) is 13.3 Å². The van der Waals surface area contributed by atoms with Gasteiger partial charge in [0.05, 0.1) is 18.2 Å². The van der Waals surface area contributed by atoms with Crippen LogP contribution in [0.5, 0.6) is 0 Å². The third-order valence-corrected chi connectivity index (χ3v) is 12.8. The van der Waals surface area contributed by atoms with Crippen LogP contribution in [0, 0.1) is 39.9 Å². The van der Waals surface area contributed by atoms with Crippen molar-refractivity contribution in [1.29, 1.82) is 15.8 Å². The zero-order chi connectivity index (χ0) is 25.8. The van der Waals surface area contributed by atoms with Crippen molar-refractivity contribution in [3.05, 3.63) is 0 Å². The van der Waals surface area contributed by atoms with Crippen molar-refractivity contribution >= 4 is 7.26 Å². The van der Waals surface area contributed by atoms with Gasteiger partial charge in [-0.05, 0) is 0 Å². The topological polar surface area (TPSA) is 71.4 Å². The van der Waals surface area contributed by atoms with Gasteiger partial charge in [-0.2, -0.15) is 15.8 Å². The molecular formula is C30H58N3P. The molecule has 34 heavy (non-hydrogen) atoms. The minimum Gasteiger partial charge on any atom is -0.196 e. The normalized spacial score (nSPS) is 11.2. The van der Waals surface area contributed by atoms with Crippen molar-refractivity contribution in [2.75, 3.05) is 24.6 Å². The van der Waals surface area contributed by atoms with Crippen LogP contribution in [0.25, 0.3) is 0 Å². The molecule has 0 saturated heterocycles. The summed E-state index contributed by atoms with van der Waals surface area (Å²) in [6.07, 6.45) is 33.2. The molecule has 0 bridgehead atoms. The van der Waals surface area contributed by atoms with Gasteiger partial charge < -0.3 is 0 Å². The first kappa shape index (κ1) is 35.1. The molecule has 0 atom stereocenters. The second kappa shape index (κ2) is 28.1. The smallest absolute Gasteiger partial charge is 0.196 e. The molecule has 0 rings (SSSR count). The van der Waals surface area contributed by atoms with Crippen LogP contribution in [0.4, 0.5) is 0 Å². The standard InChI is InChI=1S/C26H57P.C4HN3/c1-5-9-13-14-15-16-17-18-19-20-21-22-26-27(23-10-6-2,24-11-7-3)25-12-8-4;5-1-4(2-6)3-7/h27H,5-26H2,1-4H3;4H. The van der Waals surface area contributed by atoms with Crippen molar-refractivity contribution in [2.24, 2.45) is 5.92 Å². The summed E-state index contributed by atoms with van der Waals surface area (Å²) in [6, 6.07) is 4.44. The number of hydrogen-bond acceptors (Lipinski definition) is 3. The number of unbranched alkanes of at least 4 members (excludes halogenated alkanes) is 14. The Balaban J connectivity index is 0. The molecule has 0 fully saturated rings. The zero-order valence-electron chi connectivity index (χ0n) is 23.5.